The molecule has 1 aliphatic rings. The van der Waals surface area contributed by atoms with E-state index in [4.69, 9.17) is 23.2 Å². The second kappa shape index (κ2) is 7.59. The Morgan fingerprint density at radius 3 is 2.70 bits per heavy atom. The summed E-state index contributed by atoms with van der Waals surface area (Å²) in [6, 6.07) is 19.2. The lowest BCUT2D eigenvalue weighted by molar-refractivity contribution is 0.236. The quantitative estimate of drug-likeness (QED) is 0.610. The molecule has 4 nitrogen and oxygen atoms in total. The van der Waals surface area contributed by atoms with Crippen LogP contribution in [0, 0.1) is 0 Å². The van der Waals surface area contributed by atoms with Crippen molar-refractivity contribution in [2.45, 2.75) is 6.42 Å². The second-order valence-electron chi connectivity index (χ2n) is 6.32. The summed E-state index contributed by atoms with van der Waals surface area (Å²) in [7, 11) is 0. The zero-order valence-electron chi connectivity index (χ0n) is 14.5. The van der Waals surface area contributed by atoms with E-state index in [-0.39, 0.29) is 6.03 Å². The molecule has 6 heteroatoms. The molecule has 4 rings (SSSR count). The first-order valence-corrected chi connectivity index (χ1v) is 9.41. The Balaban J connectivity index is 1.53. The van der Waals surface area contributed by atoms with Crippen molar-refractivity contribution in [3.63, 3.8) is 0 Å². The maximum absolute atomic E-state index is 12.7. The molecule has 0 atom stereocenters. The number of rotatable bonds is 3. The zero-order chi connectivity index (χ0) is 18.8. The van der Waals surface area contributed by atoms with Gasteiger partial charge in [-0.1, -0.05) is 65.7 Å². The van der Waals surface area contributed by atoms with Crippen LogP contribution in [0.3, 0.4) is 0 Å². The van der Waals surface area contributed by atoms with E-state index >= 15 is 0 Å². The number of carbonyl (C=O) groups excluding carboxylic acids is 1. The third-order valence-corrected chi connectivity index (χ3v) is 5.31. The number of carbonyl (C=O) groups is 1. The largest absolute Gasteiger partial charge is 0.327 e. The molecule has 136 valence electrons. The van der Waals surface area contributed by atoms with Crippen LogP contribution < -0.4 is 5.32 Å². The number of fused-ring (bicyclic) bond motifs is 1. The first-order valence-electron chi connectivity index (χ1n) is 8.65. The molecule has 0 radical (unpaired) electrons. The number of amidine groups is 1. The van der Waals surface area contributed by atoms with Gasteiger partial charge in [-0.3, -0.25) is 9.89 Å². The van der Waals surface area contributed by atoms with Gasteiger partial charge in [0.15, 0.2) is 0 Å². The van der Waals surface area contributed by atoms with Crippen molar-refractivity contribution >= 4 is 51.5 Å². The molecule has 1 aliphatic heterocycles. The SMILES string of the molecule is O=C(Nc1ccc(Cl)c(Cl)c1)N1CCN=C1Cc1cccc2ccccc12. The first-order chi connectivity index (χ1) is 13.1. The van der Waals surface area contributed by atoms with Gasteiger partial charge in [-0.15, -0.1) is 0 Å². The smallest absolute Gasteiger partial charge is 0.307 e. The fourth-order valence-corrected chi connectivity index (χ4v) is 3.54. The van der Waals surface area contributed by atoms with Crippen molar-refractivity contribution in [3.05, 3.63) is 76.3 Å². The molecule has 0 saturated heterocycles. The number of hydrogen-bond donors (Lipinski definition) is 1. The molecule has 0 saturated carbocycles. The van der Waals surface area contributed by atoms with Crippen LogP contribution in [0.2, 0.25) is 10.0 Å². The van der Waals surface area contributed by atoms with E-state index in [1.165, 1.54) is 10.8 Å². The van der Waals surface area contributed by atoms with Crippen molar-refractivity contribution in [1.29, 1.82) is 0 Å². The third kappa shape index (κ3) is 3.77. The van der Waals surface area contributed by atoms with E-state index in [0.717, 1.165) is 11.4 Å². The molecular weight excluding hydrogens is 381 g/mol. The summed E-state index contributed by atoms with van der Waals surface area (Å²) in [5, 5.41) is 6.08. The number of anilines is 1. The second-order valence-corrected chi connectivity index (χ2v) is 7.14. The normalized spacial score (nSPS) is 13.7. The Bertz CT molecular complexity index is 1040. The van der Waals surface area contributed by atoms with E-state index in [0.29, 0.717) is 35.2 Å². The number of benzene rings is 3. The fourth-order valence-electron chi connectivity index (χ4n) is 3.25. The van der Waals surface area contributed by atoms with Crippen molar-refractivity contribution in [2.75, 3.05) is 18.4 Å². The van der Waals surface area contributed by atoms with E-state index < -0.39 is 0 Å². The third-order valence-electron chi connectivity index (χ3n) is 4.57. The summed E-state index contributed by atoms with van der Waals surface area (Å²) in [6.07, 6.45) is 0.607. The van der Waals surface area contributed by atoms with Gasteiger partial charge in [0.2, 0.25) is 0 Å². The Morgan fingerprint density at radius 1 is 1.04 bits per heavy atom. The van der Waals surface area contributed by atoms with Crippen LogP contribution >= 0.6 is 23.2 Å². The highest BCUT2D eigenvalue weighted by Crippen LogP contribution is 2.26. The molecule has 1 heterocycles. The van der Waals surface area contributed by atoms with Gasteiger partial charge in [-0.2, -0.15) is 0 Å². The standard InChI is InChI=1S/C21H17Cl2N3O/c22-18-9-8-16(13-19(18)23)25-21(27)26-11-10-24-20(26)12-15-6-3-5-14-4-1-2-7-17(14)15/h1-9,13H,10-12H2,(H,25,27). The lowest BCUT2D eigenvalue weighted by Crippen LogP contribution is -2.38. The maximum Gasteiger partial charge on any atom is 0.327 e. The molecule has 0 bridgehead atoms. The van der Waals surface area contributed by atoms with Crippen molar-refractivity contribution in [1.82, 2.24) is 4.90 Å². The number of amides is 2. The van der Waals surface area contributed by atoms with E-state index in [2.05, 4.69) is 34.6 Å². The van der Waals surface area contributed by atoms with Crippen molar-refractivity contribution in [2.24, 2.45) is 4.99 Å². The van der Waals surface area contributed by atoms with E-state index in [1.54, 1.807) is 23.1 Å². The van der Waals surface area contributed by atoms with Crippen LogP contribution in [0.15, 0.2) is 65.7 Å². The van der Waals surface area contributed by atoms with Gasteiger partial charge in [0, 0.05) is 18.7 Å². The summed E-state index contributed by atoms with van der Waals surface area (Å²) >= 11 is 12.0. The molecule has 3 aromatic rings. The lowest BCUT2D eigenvalue weighted by Gasteiger charge is -2.20. The topological polar surface area (TPSA) is 44.7 Å². The monoisotopic (exact) mass is 397 g/mol. The predicted octanol–water partition coefficient (Wildman–Crippen LogP) is 5.64. The molecule has 27 heavy (non-hydrogen) atoms. The minimum atomic E-state index is -0.218. The van der Waals surface area contributed by atoms with Gasteiger partial charge in [0.05, 0.1) is 16.6 Å². The van der Waals surface area contributed by atoms with Crippen LogP contribution in [0.25, 0.3) is 10.8 Å². The molecule has 1 N–H and O–H groups in total. The Morgan fingerprint density at radius 2 is 1.85 bits per heavy atom. The summed E-state index contributed by atoms with van der Waals surface area (Å²) in [5.74, 6) is 0.768. The highest BCUT2D eigenvalue weighted by atomic mass is 35.5. The molecule has 0 unspecified atom stereocenters. The lowest BCUT2D eigenvalue weighted by atomic mass is 10.0. The summed E-state index contributed by atoms with van der Waals surface area (Å²) in [4.78, 5) is 19.0. The minimum Gasteiger partial charge on any atom is -0.307 e. The van der Waals surface area contributed by atoms with Crippen LogP contribution in [0.4, 0.5) is 10.5 Å². The molecule has 2 amide bonds. The molecule has 3 aromatic carbocycles. The highest BCUT2D eigenvalue weighted by molar-refractivity contribution is 6.42. The Hall–Kier alpha value is -2.56. The number of nitrogens with one attached hydrogen (secondary N) is 1. The molecule has 0 aromatic heterocycles. The number of hydrogen-bond acceptors (Lipinski definition) is 2. The fraction of sp³-hybridized carbons (Fsp3) is 0.143. The van der Waals surface area contributed by atoms with Gasteiger partial charge < -0.3 is 5.32 Å². The van der Waals surface area contributed by atoms with Crippen LogP contribution in [-0.2, 0) is 6.42 Å². The van der Waals surface area contributed by atoms with Gasteiger partial charge >= 0.3 is 6.03 Å². The summed E-state index contributed by atoms with van der Waals surface area (Å²) < 4.78 is 0. The van der Waals surface area contributed by atoms with E-state index in [9.17, 15) is 4.79 Å². The average Bonchev–Trinajstić information content (AvgIpc) is 3.13. The summed E-state index contributed by atoms with van der Waals surface area (Å²) in [6.45, 7) is 1.17. The van der Waals surface area contributed by atoms with Gasteiger partial charge in [0.25, 0.3) is 0 Å². The first kappa shape index (κ1) is 17.8. The van der Waals surface area contributed by atoms with Crippen molar-refractivity contribution < 1.29 is 4.79 Å². The maximum atomic E-state index is 12.7. The van der Waals surface area contributed by atoms with Crippen LogP contribution in [-0.4, -0.2) is 29.9 Å². The molecule has 0 spiro atoms. The highest BCUT2D eigenvalue weighted by Gasteiger charge is 2.24. The number of urea groups is 1. The van der Waals surface area contributed by atoms with E-state index in [1.807, 2.05) is 18.2 Å². The van der Waals surface area contributed by atoms with Crippen molar-refractivity contribution in [3.8, 4) is 0 Å². The average molecular weight is 398 g/mol. The molecule has 0 fully saturated rings. The van der Waals surface area contributed by atoms with Gasteiger partial charge in [-0.05, 0) is 34.5 Å². The molecular formula is C21H17Cl2N3O. The number of nitrogens with zero attached hydrogens (tertiary/aromatic N) is 2. The Kier molecular flexibility index (Phi) is 5.01. The Labute approximate surface area is 167 Å². The summed E-state index contributed by atoms with van der Waals surface area (Å²) in [5.41, 5.74) is 1.76. The number of aliphatic imine (C=N–C) groups is 1. The molecule has 0 aliphatic carbocycles. The minimum absolute atomic E-state index is 0.218. The van der Waals surface area contributed by atoms with Crippen LogP contribution in [0.1, 0.15) is 5.56 Å². The van der Waals surface area contributed by atoms with Gasteiger partial charge in [-0.25, -0.2) is 4.79 Å². The van der Waals surface area contributed by atoms with Gasteiger partial charge in [0.1, 0.15) is 5.84 Å². The number of halogens is 2. The predicted molar refractivity (Wildman–Crippen MR) is 112 cm³/mol. The van der Waals surface area contributed by atoms with Crippen LogP contribution in [0.5, 0.6) is 0 Å². The zero-order valence-corrected chi connectivity index (χ0v) is 16.0.